The number of rotatable bonds is 5. The Bertz CT molecular complexity index is 464. The van der Waals surface area contributed by atoms with E-state index >= 15 is 0 Å². The summed E-state index contributed by atoms with van der Waals surface area (Å²) < 4.78 is 23.1. The number of carbonyl (C=O) groups excluding carboxylic acids is 1. The first-order valence-electron chi connectivity index (χ1n) is 8.19. The Morgan fingerprint density at radius 1 is 1.29 bits per heavy atom. The first-order valence-corrected chi connectivity index (χ1v) is 10.0. The summed E-state index contributed by atoms with van der Waals surface area (Å²) >= 11 is 0. The van der Waals surface area contributed by atoms with E-state index in [0.29, 0.717) is 18.4 Å². The first kappa shape index (κ1) is 16.7. The highest BCUT2D eigenvalue weighted by Crippen LogP contribution is 2.25. The van der Waals surface area contributed by atoms with Gasteiger partial charge in [-0.2, -0.15) is 0 Å². The fourth-order valence-electron chi connectivity index (χ4n) is 3.49. The fraction of sp³-hybridized carbons (Fsp3) is 0.933. The quantitative estimate of drug-likeness (QED) is 0.823. The monoisotopic (exact) mass is 316 g/mol. The number of hydrogen-bond donors (Lipinski definition) is 1. The summed E-state index contributed by atoms with van der Waals surface area (Å²) in [6.45, 7) is 6.88. The second kappa shape index (κ2) is 7.09. The molecule has 2 aliphatic rings. The van der Waals surface area contributed by atoms with E-state index < -0.39 is 9.84 Å². The molecule has 5 nitrogen and oxygen atoms in total. The Morgan fingerprint density at radius 3 is 2.62 bits per heavy atom. The average Bonchev–Trinajstić information content (AvgIpc) is 2.84. The molecule has 3 unspecified atom stereocenters. The zero-order valence-corrected chi connectivity index (χ0v) is 14.0. The lowest BCUT2D eigenvalue weighted by Crippen LogP contribution is -2.52. The summed E-state index contributed by atoms with van der Waals surface area (Å²) in [6, 6.07) is 0.492. The third-order valence-electron chi connectivity index (χ3n) is 4.81. The lowest BCUT2D eigenvalue weighted by molar-refractivity contribution is -0.137. The molecule has 3 atom stereocenters. The predicted octanol–water partition coefficient (Wildman–Crippen LogP) is 1.05. The van der Waals surface area contributed by atoms with Crippen molar-refractivity contribution in [1.29, 1.82) is 0 Å². The van der Waals surface area contributed by atoms with Gasteiger partial charge in [-0.15, -0.1) is 0 Å². The van der Waals surface area contributed by atoms with Crippen LogP contribution in [0.3, 0.4) is 0 Å². The van der Waals surface area contributed by atoms with E-state index in [1.165, 1.54) is 0 Å². The van der Waals surface area contributed by atoms with Crippen molar-refractivity contribution < 1.29 is 13.2 Å². The summed E-state index contributed by atoms with van der Waals surface area (Å²) in [6.07, 6.45) is 3.65. The number of hydrogen-bond acceptors (Lipinski definition) is 4. The standard InChI is InChI=1S/C15H28N2O3S/c1-3-7-16-14-5-8-17(10-12(14)4-2)15(18)13-6-9-21(19,20)11-13/h12-14,16H,3-11H2,1-2H3. The van der Waals surface area contributed by atoms with Gasteiger partial charge in [0.05, 0.1) is 17.4 Å². The molecule has 0 aromatic heterocycles. The fourth-order valence-corrected chi connectivity index (χ4v) is 5.23. The van der Waals surface area contributed by atoms with Crippen LogP contribution >= 0.6 is 0 Å². The Morgan fingerprint density at radius 2 is 2.05 bits per heavy atom. The van der Waals surface area contributed by atoms with Crippen LogP contribution in [0.2, 0.25) is 0 Å². The molecule has 0 spiro atoms. The summed E-state index contributed by atoms with van der Waals surface area (Å²) in [5.74, 6) is 0.467. The Labute approximate surface area is 128 Å². The highest BCUT2D eigenvalue weighted by Gasteiger charge is 2.38. The maximum Gasteiger partial charge on any atom is 0.226 e. The number of sulfone groups is 1. The van der Waals surface area contributed by atoms with Crippen LogP contribution in [0.5, 0.6) is 0 Å². The van der Waals surface area contributed by atoms with Gasteiger partial charge in [0.15, 0.2) is 9.84 Å². The van der Waals surface area contributed by atoms with Gasteiger partial charge in [0.1, 0.15) is 0 Å². The molecule has 2 rings (SSSR count). The third-order valence-corrected chi connectivity index (χ3v) is 6.58. The largest absolute Gasteiger partial charge is 0.342 e. The second-order valence-electron chi connectivity index (χ2n) is 6.40. The molecule has 0 aromatic rings. The maximum atomic E-state index is 12.5. The zero-order chi connectivity index (χ0) is 15.5. The van der Waals surface area contributed by atoms with E-state index in [1.54, 1.807) is 0 Å². The van der Waals surface area contributed by atoms with Crippen molar-refractivity contribution in [3.63, 3.8) is 0 Å². The Kier molecular flexibility index (Phi) is 5.66. The van der Waals surface area contributed by atoms with Crippen molar-refractivity contribution >= 4 is 15.7 Å². The van der Waals surface area contributed by atoms with E-state index in [4.69, 9.17) is 0 Å². The maximum absolute atomic E-state index is 12.5. The molecule has 2 saturated heterocycles. The minimum atomic E-state index is -2.98. The molecular formula is C15H28N2O3S. The molecule has 6 heteroatoms. The van der Waals surface area contributed by atoms with Crippen molar-refractivity contribution in [1.82, 2.24) is 10.2 Å². The summed E-state index contributed by atoms with van der Waals surface area (Å²) in [5, 5.41) is 3.58. The molecule has 2 aliphatic heterocycles. The molecule has 21 heavy (non-hydrogen) atoms. The summed E-state index contributed by atoms with van der Waals surface area (Å²) in [7, 11) is -2.98. The first-order chi connectivity index (χ1) is 9.96. The SMILES string of the molecule is CCCNC1CCN(C(=O)C2CCS(=O)(=O)C2)CC1CC. The number of piperidine rings is 1. The number of amides is 1. The van der Waals surface area contributed by atoms with Crippen LogP contribution in [0.15, 0.2) is 0 Å². The van der Waals surface area contributed by atoms with Crippen molar-refractivity contribution in [2.75, 3.05) is 31.1 Å². The van der Waals surface area contributed by atoms with Crippen LogP contribution in [0.25, 0.3) is 0 Å². The van der Waals surface area contributed by atoms with Crippen LogP contribution in [0.1, 0.15) is 39.5 Å². The van der Waals surface area contributed by atoms with Crippen LogP contribution < -0.4 is 5.32 Å². The highest BCUT2D eigenvalue weighted by molar-refractivity contribution is 7.91. The predicted molar refractivity (Wildman–Crippen MR) is 83.8 cm³/mol. The van der Waals surface area contributed by atoms with Gasteiger partial charge in [0.2, 0.25) is 5.91 Å². The molecule has 1 amide bonds. The minimum absolute atomic E-state index is 0.0522. The number of likely N-dealkylation sites (tertiary alicyclic amines) is 1. The molecule has 0 radical (unpaired) electrons. The van der Waals surface area contributed by atoms with Crippen molar-refractivity contribution in [3.8, 4) is 0 Å². The molecule has 1 N–H and O–H groups in total. The summed E-state index contributed by atoms with van der Waals surface area (Å²) in [5.41, 5.74) is 0. The van der Waals surface area contributed by atoms with Crippen molar-refractivity contribution in [2.24, 2.45) is 11.8 Å². The van der Waals surface area contributed by atoms with E-state index in [1.807, 2.05) is 4.90 Å². The molecule has 0 saturated carbocycles. The van der Waals surface area contributed by atoms with Gasteiger partial charge < -0.3 is 10.2 Å². The lowest BCUT2D eigenvalue weighted by atomic mass is 9.89. The smallest absolute Gasteiger partial charge is 0.226 e. The second-order valence-corrected chi connectivity index (χ2v) is 8.63. The molecule has 0 aliphatic carbocycles. The summed E-state index contributed by atoms with van der Waals surface area (Å²) in [4.78, 5) is 14.4. The van der Waals surface area contributed by atoms with Gasteiger partial charge in [0.25, 0.3) is 0 Å². The van der Waals surface area contributed by atoms with Crippen molar-refractivity contribution in [3.05, 3.63) is 0 Å². The van der Waals surface area contributed by atoms with Crippen LogP contribution in [-0.4, -0.2) is 56.4 Å². The van der Waals surface area contributed by atoms with Gasteiger partial charge in [-0.25, -0.2) is 8.42 Å². The van der Waals surface area contributed by atoms with Crippen LogP contribution in [0, 0.1) is 11.8 Å². The van der Waals surface area contributed by atoms with Crippen LogP contribution in [-0.2, 0) is 14.6 Å². The normalized spacial score (nSPS) is 32.3. The third kappa shape index (κ3) is 4.19. The minimum Gasteiger partial charge on any atom is -0.342 e. The molecule has 2 heterocycles. The van der Waals surface area contributed by atoms with E-state index in [0.717, 1.165) is 38.9 Å². The van der Waals surface area contributed by atoms with Gasteiger partial charge >= 0.3 is 0 Å². The van der Waals surface area contributed by atoms with E-state index in [9.17, 15) is 13.2 Å². The molecule has 2 fully saturated rings. The topological polar surface area (TPSA) is 66.5 Å². The lowest BCUT2D eigenvalue weighted by Gasteiger charge is -2.39. The van der Waals surface area contributed by atoms with Crippen molar-refractivity contribution in [2.45, 2.75) is 45.6 Å². The molecular weight excluding hydrogens is 288 g/mol. The molecule has 0 bridgehead atoms. The van der Waals surface area contributed by atoms with Crippen LogP contribution in [0.4, 0.5) is 0 Å². The van der Waals surface area contributed by atoms with Gasteiger partial charge in [-0.3, -0.25) is 4.79 Å². The Hall–Kier alpha value is -0.620. The van der Waals surface area contributed by atoms with E-state index in [2.05, 4.69) is 19.2 Å². The van der Waals surface area contributed by atoms with Gasteiger partial charge in [-0.1, -0.05) is 20.3 Å². The molecule has 122 valence electrons. The van der Waals surface area contributed by atoms with E-state index in [-0.39, 0.29) is 23.3 Å². The molecule has 0 aromatic carbocycles. The zero-order valence-electron chi connectivity index (χ0n) is 13.2. The average molecular weight is 316 g/mol. The number of nitrogens with zero attached hydrogens (tertiary/aromatic N) is 1. The number of carbonyl (C=O) groups is 1. The number of nitrogens with one attached hydrogen (secondary N) is 1. The van der Waals surface area contributed by atoms with Gasteiger partial charge in [-0.05, 0) is 31.7 Å². The van der Waals surface area contributed by atoms with Gasteiger partial charge in [0, 0.05) is 19.1 Å². The Balaban J connectivity index is 1.92. The highest BCUT2D eigenvalue weighted by atomic mass is 32.2.